The highest BCUT2D eigenvalue weighted by Crippen LogP contribution is 2.13. The molecule has 5 nitrogen and oxygen atoms in total. The Labute approximate surface area is 98.8 Å². The molecule has 0 aromatic carbocycles. The molecule has 0 saturated carbocycles. The fourth-order valence-corrected chi connectivity index (χ4v) is 1.65. The van der Waals surface area contributed by atoms with Crippen molar-refractivity contribution < 1.29 is 23.0 Å². The largest absolute Gasteiger partial charge is 0.379 e. The second kappa shape index (κ2) is 7.52. The van der Waals surface area contributed by atoms with E-state index in [2.05, 4.69) is 15.4 Å². The van der Waals surface area contributed by atoms with Crippen molar-refractivity contribution in [1.29, 1.82) is 0 Å². The highest BCUT2D eigenvalue weighted by molar-refractivity contribution is 5.79. The summed E-state index contributed by atoms with van der Waals surface area (Å²) in [6.45, 7) is 0.625. The first-order valence-electron chi connectivity index (χ1n) is 5.53. The molecule has 1 saturated heterocycles. The Morgan fingerprint density at radius 3 is 2.94 bits per heavy atom. The summed E-state index contributed by atoms with van der Waals surface area (Å²) in [5.41, 5.74) is 0. The van der Waals surface area contributed by atoms with Crippen LogP contribution < -0.4 is 10.6 Å². The van der Waals surface area contributed by atoms with Gasteiger partial charge >= 0.3 is 0 Å². The van der Waals surface area contributed by atoms with Gasteiger partial charge in [-0.15, -0.1) is 0 Å². The summed E-state index contributed by atoms with van der Waals surface area (Å²) < 4.78 is 33.3. The molecule has 1 amide bonds. The van der Waals surface area contributed by atoms with E-state index in [1.807, 2.05) is 0 Å². The van der Waals surface area contributed by atoms with Crippen molar-refractivity contribution in [3.8, 4) is 0 Å². The number of carbonyl (C=O) groups is 1. The lowest BCUT2D eigenvalue weighted by atomic mass is 10.0. The van der Waals surface area contributed by atoms with Gasteiger partial charge < -0.3 is 20.1 Å². The molecule has 1 rings (SSSR count). The molecule has 1 aliphatic rings. The molecule has 0 aromatic rings. The highest BCUT2D eigenvalue weighted by atomic mass is 19.3. The molecule has 1 aliphatic heterocycles. The number of nitrogens with one attached hydrogen (secondary N) is 2. The number of alkyl halides is 2. The molecule has 17 heavy (non-hydrogen) atoms. The van der Waals surface area contributed by atoms with Crippen molar-refractivity contribution in [3.63, 3.8) is 0 Å². The zero-order chi connectivity index (χ0) is 12.7. The minimum atomic E-state index is -2.47. The molecular weight excluding hydrogens is 234 g/mol. The Bertz CT molecular complexity index is 242. The van der Waals surface area contributed by atoms with Gasteiger partial charge in [-0.1, -0.05) is 0 Å². The average Bonchev–Trinajstić information content (AvgIpc) is 2.75. The van der Waals surface area contributed by atoms with Gasteiger partial charge in [0.2, 0.25) is 5.91 Å². The Kier molecular flexibility index (Phi) is 6.31. The first-order valence-corrected chi connectivity index (χ1v) is 5.53. The monoisotopic (exact) mass is 252 g/mol. The van der Waals surface area contributed by atoms with Crippen LogP contribution in [0.2, 0.25) is 0 Å². The topological polar surface area (TPSA) is 59.6 Å². The first-order chi connectivity index (χ1) is 8.15. The van der Waals surface area contributed by atoms with Gasteiger partial charge in [-0.3, -0.25) is 4.79 Å². The van der Waals surface area contributed by atoms with Crippen LogP contribution >= 0.6 is 0 Å². The molecule has 0 aliphatic carbocycles. The normalized spacial score (nSPS) is 24.2. The standard InChI is InChI=1S/C10H18F2N2O3/c1-13-8-5-17-4-7(8)10(15)14-2-3-16-6-9(11)12/h7-9,13H,2-6H2,1H3,(H,14,15). The average molecular weight is 252 g/mol. The molecule has 0 radical (unpaired) electrons. The van der Waals surface area contributed by atoms with Gasteiger partial charge in [-0.2, -0.15) is 0 Å². The lowest BCUT2D eigenvalue weighted by molar-refractivity contribution is -0.125. The van der Waals surface area contributed by atoms with Crippen LogP contribution in [0, 0.1) is 5.92 Å². The van der Waals surface area contributed by atoms with Crippen molar-refractivity contribution in [2.24, 2.45) is 5.92 Å². The van der Waals surface area contributed by atoms with Crippen molar-refractivity contribution in [1.82, 2.24) is 10.6 Å². The molecule has 0 bridgehead atoms. The van der Waals surface area contributed by atoms with Crippen LogP contribution in [0.1, 0.15) is 0 Å². The molecule has 2 N–H and O–H groups in total. The number of hydrogen-bond donors (Lipinski definition) is 2. The van der Waals surface area contributed by atoms with Crippen LogP contribution in [0.3, 0.4) is 0 Å². The Morgan fingerprint density at radius 1 is 1.53 bits per heavy atom. The quantitative estimate of drug-likeness (QED) is 0.606. The molecule has 2 atom stereocenters. The lowest BCUT2D eigenvalue weighted by Gasteiger charge is -2.16. The van der Waals surface area contributed by atoms with E-state index in [1.165, 1.54) is 0 Å². The van der Waals surface area contributed by atoms with E-state index in [-0.39, 0.29) is 31.0 Å². The number of carbonyl (C=O) groups excluding carboxylic acids is 1. The van der Waals surface area contributed by atoms with Crippen molar-refractivity contribution in [2.45, 2.75) is 12.5 Å². The van der Waals surface area contributed by atoms with Crippen molar-refractivity contribution in [3.05, 3.63) is 0 Å². The molecule has 1 fully saturated rings. The SMILES string of the molecule is CNC1COCC1C(=O)NCCOCC(F)F. The molecular formula is C10H18F2N2O3. The molecule has 0 spiro atoms. The zero-order valence-corrected chi connectivity index (χ0v) is 9.75. The summed E-state index contributed by atoms with van der Waals surface area (Å²) >= 11 is 0. The van der Waals surface area contributed by atoms with E-state index < -0.39 is 13.0 Å². The number of halogens is 2. The number of amides is 1. The van der Waals surface area contributed by atoms with Gasteiger partial charge in [0.05, 0.1) is 25.7 Å². The minimum Gasteiger partial charge on any atom is -0.379 e. The van der Waals surface area contributed by atoms with E-state index in [4.69, 9.17) is 4.74 Å². The van der Waals surface area contributed by atoms with Crippen LogP contribution in [-0.4, -0.2) is 58.4 Å². The zero-order valence-electron chi connectivity index (χ0n) is 9.75. The Hall–Kier alpha value is -0.790. The summed E-state index contributed by atoms with van der Waals surface area (Å²) in [7, 11) is 1.77. The van der Waals surface area contributed by atoms with E-state index in [0.29, 0.717) is 13.2 Å². The first kappa shape index (κ1) is 14.3. The predicted octanol–water partition coefficient (Wildman–Crippen LogP) is -0.381. The summed E-state index contributed by atoms with van der Waals surface area (Å²) in [5.74, 6) is -0.363. The molecule has 7 heteroatoms. The highest BCUT2D eigenvalue weighted by Gasteiger charge is 2.32. The van der Waals surface area contributed by atoms with E-state index in [9.17, 15) is 13.6 Å². The van der Waals surface area contributed by atoms with Crippen LogP contribution in [0.4, 0.5) is 8.78 Å². The van der Waals surface area contributed by atoms with Gasteiger partial charge in [0, 0.05) is 12.6 Å². The van der Waals surface area contributed by atoms with Crippen LogP contribution in [-0.2, 0) is 14.3 Å². The summed E-state index contributed by atoms with van der Waals surface area (Å²) in [4.78, 5) is 11.7. The second-order valence-electron chi connectivity index (χ2n) is 3.80. The maximum Gasteiger partial charge on any atom is 0.261 e. The second-order valence-corrected chi connectivity index (χ2v) is 3.80. The lowest BCUT2D eigenvalue weighted by Crippen LogP contribution is -2.43. The third-order valence-corrected chi connectivity index (χ3v) is 2.58. The molecule has 0 aromatic heterocycles. The summed E-state index contributed by atoms with van der Waals surface area (Å²) in [6.07, 6.45) is -2.47. The van der Waals surface area contributed by atoms with Crippen molar-refractivity contribution >= 4 is 5.91 Å². The minimum absolute atomic E-state index is 0.0111. The maximum atomic E-state index is 11.7. The maximum absolute atomic E-state index is 11.7. The number of hydrogen-bond acceptors (Lipinski definition) is 4. The van der Waals surface area contributed by atoms with E-state index >= 15 is 0 Å². The fraction of sp³-hybridized carbons (Fsp3) is 0.900. The third-order valence-electron chi connectivity index (χ3n) is 2.58. The van der Waals surface area contributed by atoms with Gasteiger partial charge in [0.15, 0.2) is 0 Å². The Morgan fingerprint density at radius 2 is 2.29 bits per heavy atom. The number of likely N-dealkylation sites (N-methyl/N-ethyl adjacent to an activating group) is 1. The number of rotatable bonds is 7. The van der Waals surface area contributed by atoms with Gasteiger partial charge in [-0.05, 0) is 7.05 Å². The van der Waals surface area contributed by atoms with Gasteiger partial charge in [-0.25, -0.2) is 8.78 Å². The van der Waals surface area contributed by atoms with Crippen LogP contribution in [0.15, 0.2) is 0 Å². The predicted molar refractivity (Wildman–Crippen MR) is 57.0 cm³/mol. The summed E-state index contributed by atoms with van der Waals surface area (Å²) in [6, 6.07) is 0.0111. The van der Waals surface area contributed by atoms with Gasteiger partial charge in [0.1, 0.15) is 6.61 Å². The molecule has 1 heterocycles. The smallest absolute Gasteiger partial charge is 0.261 e. The molecule has 2 unspecified atom stereocenters. The fourth-order valence-electron chi connectivity index (χ4n) is 1.65. The summed E-state index contributed by atoms with van der Waals surface area (Å²) in [5, 5.41) is 5.63. The van der Waals surface area contributed by atoms with E-state index in [0.717, 1.165) is 0 Å². The Balaban J connectivity index is 2.12. The van der Waals surface area contributed by atoms with Crippen molar-refractivity contribution in [2.75, 3.05) is 40.0 Å². The van der Waals surface area contributed by atoms with Crippen LogP contribution in [0.5, 0.6) is 0 Å². The third kappa shape index (κ3) is 4.93. The van der Waals surface area contributed by atoms with Gasteiger partial charge in [0.25, 0.3) is 6.43 Å². The number of ether oxygens (including phenoxy) is 2. The molecule has 100 valence electrons. The van der Waals surface area contributed by atoms with Crippen LogP contribution in [0.25, 0.3) is 0 Å². The van der Waals surface area contributed by atoms with E-state index in [1.54, 1.807) is 7.05 Å².